The Bertz CT molecular complexity index is 667. The Morgan fingerprint density at radius 3 is 2.57 bits per heavy atom. The highest BCUT2D eigenvalue weighted by Gasteiger charge is 2.40. The quantitative estimate of drug-likeness (QED) is 0.847. The summed E-state index contributed by atoms with van der Waals surface area (Å²) in [5.41, 5.74) is 2.37. The molecule has 0 saturated carbocycles. The minimum absolute atomic E-state index is 0.775. The van der Waals surface area contributed by atoms with Gasteiger partial charge in [-0.15, -0.1) is 0 Å². The van der Waals surface area contributed by atoms with E-state index in [0.717, 1.165) is 49.4 Å². The summed E-state index contributed by atoms with van der Waals surface area (Å²) in [5.74, 6) is 2.64. The zero-order valence-corrected chi connectivity index (χ0v) is 13.9. The molecule has 0 N–H and O–H groups in total. The summed E-state index contributed by atoms with van der Waals surface area (Å²) in [4.78, 5) is 13.7. The monoisotopic (exact) mass is 312 g/mol. The first-order valence-electron chi connectivity index (χ1n) is 8.42. The highest BCUT2D eigenvalue weighted by Crippen LogP contribution is 2.33. The molecular weight excluding hydrogens is 288 g/mol. The summed E-state index contributed by atoms with van der Waals surface area (Å²) in [6, 6.07) is 4.22. The SMILES string of the molecule is Cc1cc(N2CC3CN(CCc4ccnn4C)CC3C2)ncn1. The van der Waals surface area contributed by atoms with Gasteiger partial charge in [0.15, 0.2) is 0 Å². The van der Waals surface area contributed by atoms with E-state index in [0.29, 0.717) is 0 Å². The molecule has 2 fully saturated rings. The maximum absolute atomic E-state index is 4.44. The van der Waals surface area contributed by atoms with Gasteiger partial charge in [0.2, 0.25) is 0 Å². The third kappa shape index (κ3) is 2.95. The Kier molecular flexibility index (Phi) is 3.77. The molecule has 0 spiro atoms. The number of hydrogen-bond acceptors (Lipinski definition) is 5. The molecule has 2 aromatic rings. The van der Waals surface area contributed by atoms with Crippen LogP contribution in [0.25, 0.3) is 0 Å². The van der Waals surface area contributed by atoms with E-state index >= 15 is 0 Å². The molecule has 4 rings (SSSR count). The van der Waals surface area contributed by atoms with Crippen LogP contribution in [0.3, 0.4) is 0 Å². The van der Waals surface area contributed by atoms with E-state index in [1.165, 1.54) is 18.8 Å². The van der Waals surface area contributed by atoms with Crippen LogP contribution in [-0.4, -0.2) is 57.4 Å². The minimum atomic E-state index is 0.775. The minimum Gasteiger partial charge on any atom is -0.356 e. The number of rotatable bonds is 4. The van der Waals surface area contributed by atoms with Gasteiger partial charge >= 0.3 is 0 Å². The van der Waals surface area contributed by atoms with Crippen LogP contribution in [0.5, 0.6) is 0 Å². The Morgan fingerprint density at radius 2 is 1.91 bits per heavy atom. The fourth-order valence-electron chi connectivity index (χ4n) is 3.99. The molecule has 0 aliphatic carbocycles. The van der Waals surface area contributed by atoms with Crippen LogP contribution in [0.15, 0.2) is 24.7 Å². The van der Waals surface area contributed by atoms with Crippen molar-refractivity contribution in [2.75, 3.05) is 37.6 Å². The van der Waals surface area contributed by atoms with Crippen LogP contribution in [0.4, 0.5) is 5.82 Å². The van der Waals surface area contributed by atoms with E-state index in [4.69, 9.17) is 0 Å². The molecule has 0 amide bonds. The Balaban J connectivity index is 1.32. The van der Waals surface area contributed by atoms with Crippen molar-refractivity contribution in [2.45, 2.75) is 13.3 Å². The second-order valence-corrected chi connectivity index (χ2v) is 6.90. The van der Waals surface area contributed by atoms with Gasteiger partial charge in [-0.3, -0.25) is 4.68 Å². The molecule has 2 aliphatic heterocycles. The van der Waals surface area contributed by atoms with Gasteiger partial charge in [-0.05, 0) is 24.8 Å². The second-order valence-electron chi connectivity index (χ2n) is 6.90. The fourth-order valence-corrected chi connectivity index (χ4v) is 3.99. The number of aromatic nitrogens is 4. The zero-order valence-electron chi connectivity index (χ0n) is 13.9. The predicted molar refractivity (Wildman–Crippen MR) is 89.3 cm³/mol. The predicted octanol–water partition coefficient (Wildman–Crippen LogP) is 1.13. The first kappa shape index (κ1) is 14.6. The normalized spacial score (nSPS) is 24.3. The van der Waals surface area contributed by atoms with Crippen molar-refractivity contribution in [3.05, 3.63) is 36.0 Å². The van der Waals surface area contributed by atoms with Crippen molar-refractivity contribution in [3.8, 4) is 0 Å². The van der Waals surface area contributed by atoms with Crippen LogP contribution in [0.1, 0.15) is 11.4 Å². The Hall–Kier alpha value is -1.95. The van der Waals surface area contributed by atoms with Gasteiger partial charge in [0.25, 0.3) is 0 Å². The van der Waals surface area contributed by atoms with Crippen LogP contribution in [-0.2, 0) is 13.5 Å². The maximum atomic E-state index is 4.44. The Morgan fingerprint density at radius 1 is 1.13 bits per heavy atom. The van der Waals surface area contributed by atoms with Crippen LogP contribution < -0.4 is 4.90 Å². The number of anilines is 1. The maximum Gasteiger partial charge on any atom is 0.132 e. The van der Waals surface area contributed by atoms with Crippen LogP contribution >= 0.6 is 0 Å². The zero-order chi connectivity index (χ0) is 15.8. The molecule has 6 heteroatoms. The average molecular weight is 312 g/mol. The lowest BCUT2D eigenvalue weighted by Crippen LogP contribution is -2.30. The lowest BCUT2D eigenvalue weighted by molar-refractivity contribution is 0.318. The summed E-state index contributed by atoms with van der Waals surface area (Å²) in [7, 11) is 2.02. The number of aryl methyl sites for hydroxylation is 2. The van der Waals surface area contributed by atoms with Gasteiger partial charge in [0, 0.05) is 69.8 Å². The van der Waals surface area contributed by atoms with E-state index in [1.807, 2.05) is 24.9 Å². The first-order valence-corrected chi connectivity index (χ1v) is 8.42. The molecule has 2 saturated heterocycles. The topological polar surface area (TPSA) is 50.1 Å². The molecule has 2 aliphatic rings. The number of fused-ring (bicyclic) bond motifs is 1. The first-order chi connectivity index (χ1) is 11.2. The van der Waals surface area contributed by atoms with E-state index < -0.39 is 0 Å². The lowest BCUT2D eigenvalue weighted by atomic mass is 10.0. The molecule has 6 nitrogen and oxygen atoms in total. The molecule has 2 atom stereocenters. The highest BCUT2D eigenvalue weighted by atomic mass is 15.3. The summed E-state index contributed by atoms with van der Waals surface area (Å²) >= 11 is 0. The van der Waals surface area contributed by atoms with Crippen molar-refractivity contribution >= 4 is 5.82 Å². The molecule has 2 aromatic heterocycles. The molecule has 23 heavy (non-hydrogen) atoms. The van der Waals surface area contributed by atoms with Gasteiger partial charge in [-0.1, -0.05) is 0 Å². The van der Waals surface area contributed by atoms with Crippen molar-refractivity contribution in [3.63, 3.8) is 0 Å². The van der Waals surface area contributed by atoms with Crippen LogP contribution in [0.2, 0.25) is 0 Å². The van der Waals surface area contributed by atoms with E-state index in [9.17, 15) is 0 Å². The molecular formula is C17H24N6. The van der Waals surface area contributed by atoms with Crippen molar-refractivity contribution in [1.29, 1.82) is 0 Å². The van der Waals surface area contributed by atoms with Gasteiger partial charge in [-0.25, -0.2) is 9.97 Å². The molecule has 2 unspecified atom stereocenters. The summed E-state index contributed by atoms with van der Waals surface area (Å²) in [5, 5.41) is 4.25. The van der Waals surface area contributed by atoms with Crippen LogP contribution in [0, 0.1) is 18.8 Å². The molecule has 0 aromatic carbocycles. The number of likely N-dealkylation sites (tertiary alicyclic amines) is 1. The average Bonchev–Trinajstić information content (AvgIpc) is 3.19. The third-order valence-corrected chi connectivity index (χ3v) is 5.28. The second kappa shape index (κ2) is 5.92. The largest absolute Gasteiger partial charge is 0.356 e. The molecule has 0 bridgehead atoms. The summed E-state index contributed by atoms with van der Waals surface area (Å²) < 4.78 is 1.98. The van der Waals surface area contributed by atoms with E-state index in [1.54, 1.807) is 6.33 Å². The molecule has 4 heterocycles. The van der Waals surface area contributed by atoms with E-state index in [-0.39, 0.29) is 0 Å². The van der Waals surface area contributed by atoms with Crippen molar-refractivity contribution in [1.82, 2.24) is 24.6 Å². The number of hydrogen-bond donors (Lipinski definition) is 0. The van der Waals surface area contributed by atoms with Gasteiger partial charge in [0.1, 0.15) is 12.1 Å². The molecule has 122 valence electrons. The summed E-state index contributed by atoms with van der Waals surface area (Å²) in [6.07, 6.45) is 4.65. The molecule has 0 radical (unpaired) electrons. The summed E-state index contributed by atoms with van der Waals surface area (Å²) in [6.45, 7) is 7.85. The lowest BCUT2D eigenvalue weighted by Gasteiger charge is -2.22. The van der Waals surface area contributed by atoms with Gasteiger partial charge in [-0.2, -0.15) is 5.10 Å². The van der Waals surface area contributed by atoms with Gasteiger partial charge < -0.3 is 9.80 Å². The van der Waals surface area contributed by atoms with Crippen molar-refractivity contribution in [2.24, 2.45) is 18.9 Å². The van der Waals surface area contributed by atoms with Gasteiger partial charge in [0.05, 0.1) is 0 Å². The van der Waals surface area contributed by atoms with E-state index in [2.05, 4.69) is 37.0 Å². The fraction of sp³-hybridized carbons (Fsp3) is 0.588. The van der Waals surface area contributed by atoms with Crippen molar-refractivity contribution < 1.29 is 0 Å². The third-order valence-electron chi connectivity index (χ3n) is 5.28. The smallest absolute Gasteiger partial charge is 0.132 e. The number of nitrogens with zero attached hydrogens (tertiary/aromatic N) is 6. The standard InChI is InChI=1S/C17H24N6/c1-13-7-17(19-12-18-13)23-10-14-8-22(9-15(14)11-23)6-4-16-3-5-20-21(16)2/h3,5,7,12,14-15H,4,6,8-11H2,1-2H3. The highest BCUT2D eigenvalue weighted by molar-refractivity contribution is 5.40. The Labute approximate surface area is 137 Å².